The summed E-state index contributed by atoms with van der Waals surface area (Å²) in [4.78, 5) is 37.2. The maximum Gasteiger partial charge on any atom is 0.269 e. The second-order valence-corrected chi connectivity index (χ2v) is 6.58. The van der Waals surface area contributed by atoms with Crippen LogP contribution in [0.2, 0.25) is 0 Å². The predicted octanol–water partition coefficient (Wildman–Crippen LogP) is 2.21. The Kier molecular flexibility index (Phi) is 6.33. The Morgan fingerprint density at radius 2 is 1.82 bits per heavy atom. The van der Waals surface area contributed by atoms with Crippen LogP contribution in [0.4, 0.5) is 11.4 Å². The van der Waals surface area contributed by atoms with Gasteiger partial charge in [-0.25, -0.2) is 0 Å². The van der Waals surface area contributed by atoms with Gasteiger partial charge >= 0.3 is 0 Å². The van der Waals surface area contributed by atoms with E-state index in [-0.39, 0.29) is 23.9 Å². The fourth-order valence-corrected chi connectivity index (χ4v) is 3.10. The van der Waals surface area contributed by atoms with Crippen molar-refractivity contribution in [3.05, 3.63) is 69.8 Å². The van der Waals surface area contributed by atoms with Crippen molar-refractivity contribution in [2.24, 2.45) is 0 Å². The molecule has 8 heteroatoms. The molecule has 0 unspecified atom stereocenters. The fourth-order valence-electron chi connectivity index (χ4n) is 3.10. The van der Waals surface area contributed by atoms with Crippen LogP contribution in [0.3, 0.4) is 0 Å². The van der Waals surface area contributed by atoms with Crippen LogP contribution in [0.25, 0.3) is 0 Å². The van der Waals surface area contributed by atoms with E-state index in [9.17, 15) is 19.7 Å². The van der Waals surface area contributed by atoms with Gasteiger partial charge in [0.15, 0.2) is 0 Å². The summed E-state index contributed by atoms with van der Waals surface area (Å²) in [7, 11) is 0. The Balaban J connectivity index is 1.70. The van der Waals surface area contributed by atoms with Gasteiger partial charge in [0.1, 0.15) is 0 Å². The number of rotatable bonds is 5. The van der Waals surface area contributed by atoms with Crippen LogP contribution < -0.4 is 10.6 Å². The van der Waals surface area contributed by atoms with Gasteiger partial charge in [-0.05, 0) is 36.7 Å². The second-order valence-electron chi connectivity index (χ2n) is 6.58. The van der Waals surface area contributed by atoms with Crippen molar-refractivity contribution < 1.29 is 14.5 Å². The first-order chi connectivity index (χ1) is 13.5. The highest BCUT2D eigenvalue weighted by atomic mass is 16.6. The van der Waals surface area contributed by atoms with Crippen LogP contribution in [0.1, 0.15) is 22.3 Å². The zero-order valence-electron chi connectivity index (χ0n) is 15.4. The third-order valence-electron chi connectivity index (χ3n) is 4.64. The van der Waals surface area contributed by atoms with E-state index in [0.29, 0.717) is 17.8 Å². The molecule has 1 fully saturated rings. The van der Waals surface area contributed by atoms with Gasteiger partial charge in [-0.1, -0.05) is 18.2 Å². The number of anilines is 1. The zero-order valence-corrected chi connectivity index (χ0v) is 15.4. The van der Waals surface area contributed by atoms with E-state index >= 15 is 0 Å². The number of amides is 2. The van der Waals surface area contributed by atoms with Crippen molar-refractivity contribution in [2.75, 3.05) is 31.5 Å². The molecule has 3 rings (SSSR count). The monoisotopic (exact) mass is 382 g/mol. The van der Waals surface area contributed by atoms with E-state index in [4.69, 9.17) is 0 Å². The van der Waals surface area contributed by atoms with Gasteiger partial charge in [0.2, 0.25) is 5.91 Å². The summed E-state index contributed by atoms with van der Waals surface area (Å²) in [6.07, 6.45) is 1.13. The largest absolute Gasteiger partial charge is 0.341 e. The van der Waals surface area contributed by atoms with Crippen molar-refractivity contribution in [1.82, 2.24) is 10.2 Å². The van der Waals surface area contributed by atoms with Gasteiger partial charge in [-0.3, -0.25) is 19.7 Å². The number of nitrogens with one attached hydrogen (secondary N) is 2. The number of nitro groups is 1. The molecule has 8 nitrogen and oxygen atoms in total. The molecule has 28 heavy (non-hydrogen) atoms. The highest BCUT2D eigenvalue weighted by Gasteiger charge is 2.18. The maximum absolute atomic E-state index is 12.7. The highest BCUT2D eigenvalue weighted by Crippen LogP contribution is 2.19. The topological polar surface area (TPSA) is 105 Å². The zero-order chi connectivity index (χ0) is 19.9. The molecule has 1 aliphatic rings. The number of nitro benzene ring substituents is 1. The molecule has 2 aromatic rings. The molecule has 2 N–H and O–H groups in total. The smallest absolute Gasteiger partial charge is 0.269 e. The first-order valence-corrected chi connectivity index (χ1v) is 9.17. The van der Waals surface area contributed by atoms with Crippen molar-refractivity contribution in [3.63, 3.8) is 0 Å². The third kappa shape index (κ3) is 4.92. The van der Waals surface area contributed by atoms with E-state index in [1.807, 2.05) is 17.0 Å². The summed E-state index contributed by atoms with van der Waals surface area (Å²) in [6.45, 7) is 3.09. The minimum absolute atomic E-state index is 0.0285. The van der Waals surface area contributed by atoms with Crippen LogP contribution >= 0.6 is 0 Å². The number of hydrogen-bond acceptors (Lipinski definition) is 5. The lowest BCUT2D eigenvalue weighted by molar-refractivity contribution is -0.384. The third-order valence-corrected chi connectivity index (χ3v) is 4.64. The highest BCUT2D eigenvalue weighted by molar-refractivity contribution is 6.05. The molecule has 0 aromatic heterocycles. The molecule has 0 saturated carbocycles. The molecule has 0 spiro atoms. The van der Waals surface area contributed by atoms with E-state index < -0.39 is 4.92 Å². The van der Waals surface area contributed by atoms with Crippen molar-refractivity contribution >= 4 is 23.2 Å². The summed E-state index contributed by atoms with van der Waals surface area (Å²) in [5.41, 5.74) is 1.53. The number of hydrogen-bond donors (Lipinski definition) is 2. The standard InChI is InChI=1S/C20H22N4O4/c25-19(23-12-3-10-21-11-13-23)14-16-4-1-2-5-18(16)22-20(26)15-6-8-17(9-7-15)24(27)28/h1-2,4-9,21H,3,10-14H2,(H,22,26). The van der Waals surface area contributed by atoms with Gasteiger partial charge in [0, 0.05) is 43.0 Å². The first-order valence-electron chi connectivity index (χ1n) is 9.17. The quantitative estimate of drug-likeness (QED) is 0.609. The Labute approximate surface area is 162 Å². The Morgan fingerprint density at radius 1 is 1.07 bits per heavy atom. The second kappa shape index (κ2) is 9.09. The molecule has 146 valence electrons. The number of carbonyl (C=O) groups excluding carboxylic acids is 2. The number of nitrogens with zero attached hydrogens (tertiary/aromatic N) is 2. The summed E-state index contributed by atoms with van der Waals surface area (Å²) >= 11 is 0. The molecule has 0 radical (unpaired) electrons. The molecule has 0 atom stereocenters. The van der Waals surface area contributed by atoms with Crippen molar-refractivity contribution in [1.29, 1.82) is 0 Å². The van der Waals surface area contributed by atoms with Crippen molar-refractivity contribution in [3.8, 4) is 0 Å². The maximum atomic E-state index is 12.7. The molecule has 2 amide bonds. The Hall–Kier alpha value is -3.26. The summed E-state index contributed by atoms with van der Waals surface area (Å²) in [6, 6.07) is 12.6. The average molecular weight is 382 g/mol. The number of benzene rings is 2. The normalized spacial score (nSPS) is 14.2. The first kappa shape index (κ1) is 19.5. The molecule has 0 bridgehead atoms. The average Bonchev–Trinajstić information content (AvgIpc) is 2.99. The van der Waals surface area contributed by atoms with E-state index in [2.05, 4.69) is 10.6 Å². The number of non-ortho nitro benzene ring substituents is 1. The summed E-state index contributed by atoms with van der Waals surface area (Å²) in [5.74, 6) is -0.352. The van der Waals surface area contributed by atoms with Crippen LogP contribution in [0, 0.1) is 10.1 Å². The predicted molar refractivity (Wildman–Crippen MR) is 105 cm³/mol. The van der Waals surface area contributed by atoms with Gasteiger partial charge < -0.3 is 15.5 Å². The number of para-hydroxylation sites is 1. The van der Waals surface area contributed by atoms with Gasteiger partial charge in [0.05, 0.1) is 11.3 Å². The van der Waals surface area contributed by atoms with Crippen LogP contribution in [0.15, 0.2) is 48.5 Å². The molecule has 2 aromatic carbocycles. The van der Waals surface area contributed by atoms with Crippen molar-refractivity contribution in [2.45, 2.75) is 12.8 Å². The lowest BCUT2D eigenvalue weighted by atomic mass is 10.1. The molecule has 0 aliphatic carbocycles. The lowest BCUT2D eigenvalue weighted by Gasteiger charge is -2.21. The minimum atomic E-state index is -0.513. The van der Waals surface area contributed by atoms with Crippen LogP contribution in [-0.4, -0.2) is 47.8 Å². The van der Waals surface area contributed by atoms with Gasteiger partial charge in [-0.15, -0.1) is 0 Å². The lowest BCUT2D eigenvalue weighted by Crippen LogP contribution is -2.35. The van der Waals surface area contributed by atoms with Crippen LogP contribution in [-0.2, 0) is 11.2 Å². The summed E-state index contributed by atoms with van der Waals surface area (Å²) in [5, 5.41) is 16.8. The molecule has 1 saturated heterocycles. The molecular formula is C20H22N4O4. The van der Waals surface area contributed by atoms with E-state index in [0.717, 1.165) is 31.6 Å². The van der Waals surface area contributed by atoms with E-state index in [1.54, 1.807) is 12.1 Å². The molecular weight excluding hydrogens is 360 g/mol. The SMILES string of the molecule is O=C(Nc1ccccc1CC(=O)N1CCCNCC1)c1ccc([N+](=O)[O-])cc1. The number of carbonyl (C=O) groups is 2. The fraction of sp³-hybridized carbons (Fsp3) is 0.300. The minimum Gasteiger partial charge on any atom is -0.341 e. The van der Waals surface area contributed by atoms with Gasteiger partial charge in [-0.2, -0.15) is 0 Å². The van der Waals surface area contributed by atoms with E-state index in [1.165, 1.54) is 24.3 Å². The Bertz CT molecular complexity index is 859. The molecule has 1 heterocycles. The van der Waals surface area contributed by atoms with Crippen LogP contribution in [0.5, 0.6) is 0 Å². The summed E-state index contributed by atoms with van der Waals surface area (Å²) < 4.78 is 0. The van der Waals surface area contributed by atoms with Gasteiger partial charge in [0.25, 0.3) is 11.6 Å². The Morgan fingerprint density at radius 3 is 2.57 bits per heavy atom. The molecule has 1 aliphatic heterocycles.